The predicted octanol–water partition coefficient (Wildman–Crippen LogP) is 3.12. The summed E-state index contributed by atoms with van der Waals surface area (Å²) in [4.78, 5) is 4.36. The summed E-state index contributed by atoms with van der Waals surface area (Å²) in [5.41, 5.74) is 5.91. The number of nitrogens with two attached hydrogens (primary N) is 1. The fourth-order valence-electron chi connectivity index (χ4n) is 2.54. The number of rotatable bonds is 4. The van der Waals surface area contributed by atoms with Crippen LogP contribution in [0.5, 0.6) is 0 Å². The molecule has 4 heteroatoms. The van der Waals surface area contributed by atoms with Crippen LogP contribution in [0.2, 0.25) is 0 Å². The maximum atomic E-state index is 13.0. The van der Waals surface area contributed by atoms with Gasteiger partial charge in [0.2, 0.25) is 0 Å². The van der Waals surface area contributed by atoms with Crippen LogP contribution in [0, 0.1) is 5.82 Å². The third-order valence-electron chi connectivity index (χ3n) is 3.61. The average molecular weight is 281 g/mol. The number of benzene rings is 2. The lowest BCUT2D eigenvalue weighted by Gasteiger charge is -2.18. The smallest absolute Gasteiger partial charge is 0.123 e. The van der Waals surface area contributed by atoms with Gasteiger partial charge in [-0.2, -0.15) is 0 Å². The van der Waals surface area contributed by atoms with Crippen molar-refractivity contribution in [3.8, 4) is 0 Å². The molecular formula is C17H16FN3. The molecule has 3 nitrogen and oxygen atoms in total. The highest BCUT2D eigenvalue weighted by molar-refractivity contribution is 5.82. The van der Waals surface area contributed by atoms with E-state index in [2.05, 4.69) is 10.4 Å². The molecule has 3 rings (SSSR count). The zero-order valence-corrected chi connectivity index (χ0v) is 11.5. The highest BCUT2D eigenvalue weighted by atomic mass is 19.1. The Morgan fingerprint density at radius 2 is 1.81 bits per heavy atom. The molecule has 0 spiro atoms. The molecule has 1 unspecified atom stereocenters. The van der Waals surface area contributed by atoms with Gasteiger partial charge in [-0.25, -0.2) is 4.39 Å². The highest BCUT2D eigenvalue weighted by Crippen LogP contribution is 2.25. The quantitative estimate of drug-likeness (QED) is 0.570. The minimum absolute atomic E-state index is 0.0524. The summed E-state index contributed by atoms with van der Waals surface area (Å²) < 4.78 is 13.0. The van der Waals surface area contributed by atoms with Crippen molar-refractivity contribution in [3.63, 3.8) is 0 Å². The number of nitrogens with zero attached hydrogens (tertiary/aromatic N) is 1. The number of halogens is 1. The fourth-order valence-corrected chi connectivity index (χ4v) is 2.54. The number of fused-ring (bicyclic) bond motifs is 1. The normalized spacial score (nSPS) is 12.5. The molecule has 106 valence electrons. The van der Waals surface area contributed by atoms with Gasteiger partial charge in [0.25, 0.3) is 0 Å². The Morgan fingerprint density at radius 3 is 2.57 bits per heavy atom. The third kappa shape index (κ3) is 2.91. The summed E-state index contributed by atoms with van der Waals surface area (Å²) >= 11 is 0. The van der Waals surface area contributed by atoms with Crippen LogP contribution < -0.4 is 11.3 Å². The molecule has 0 amide bonds. The van der Waals surface area contributed by atoms with E-state index < -0.39 is 0 Å². The van der Waals surface area contributed by atoms with Crippen LogP contribution in [-0.4, -0.2) is 4.98 Å². The Balaban J connectivity index is 1.96. The molecule has 1 atom stereocenters. The van der Waals surface area contributed by atoms with Gasteiger partial charge in [0.05, 0.1) is 11.6 Å². The summed E-state index contributed by atoms with van der Waals surface area (Å²) in [5.74, 6) is 5.50. The number of nitrogens with one attached hydrogen (secondary N) is 1. The summed E-state index contributed by atoms with van der Waals surface area (Å²) in [7, 11) is 0. The van der Waals surface area contributed by atoms with Crippen molar-refractivity contribution in [3.05, 3.63) is 77.7 Å². The predicted molar refractivity (Wildman–Crippen MR) is 81.9 cm³/mol. The van der Waals surface area contributed by atoms with Gasteiger partial charge < -0.3 is 0 Å². The molecule has 0 aliphatic carbocycles. The highest BCUT2D eigenvalue weighted by Gasteiger charge is 2.14. The molecule has 0 fully saturated rings. The van der Waals surface area contributed by atoms with Crippen molar-refractivity contribution in [1.82, 2.24) is 10.4 Å². The largest absolute Gasteiger partial charge is 0.271 e. The molecule has 3 N–H and O–H groups in total. The molecule has 3 aromatic rings. The molecule has 21 heavy (non-hydrogen) atoms. The second-order valence-corrected chi connectivity index (χ2v) is 4.97. The van der Waals surface area contributed by atoms with E-state index in [0.29, 0.717) is 6.42 Å². The van der Waals surface area contributed by atoms with Gasteiger partial charge in [0, 0.05) is 11.6 Å². The van der Waals surface area contributed by atoms with Gasteiger partial charge in [-0.05, 0) is 41.8 Å². The molecule has 1 aromatic heterocycles. The summed E-state index contributed by atoms with van der Waals surface area (Å²) in [6, 6.07) is 16.4. The Morgan fingerprint density at radius 1 is 1.05 bits per heavy atom. The van der Waals surface area contributed by atoms with Crippen molar-refractivity contribution in [2.45, 2.75) is 12.5 Å². The van der Waals surface area contributed by atoms with Crippen molar-refractivity contribution < 1.29 is 4.39 Å². The third-order valence-corrected chi connectivity index (χ3v) is 3.61. The summed E-state index contributed by atoms with van der Waals surface area (Å²) in [5, 5.41) is 1.07. The Bertz CT molecular complexity index is 735. The standard InChI is InChI=1S/C17H16FN3/c18-13-7-5-12(6-8-13)11-17(21-19)15-9-10-20-16-4-2-1-3-14(15)16/h1-10,17,21H,11,19H2. The topological polar surface area (TPSA) is 50.9 Å². The maximum absolute atomic E-state index is 13.0. The zero-order valence-electron chi connectivity index (χ0n) is 11.5. The first-order valence-corrected chi connectivity index (χ1v) is 6.82. The van der Waals surface area contributed by atoms with Gasteiger partial charge in [-0.3, -0.25) is 16.3 Å². The lowest BCUT2D eigenvalue weighted by molar-refractivity contribution is 0.554. The van der Waals surface area contributed by atoms with Crippen LogP contribution in [0.25, 0.3) is 10.9 Å². The van der Waals surface area contributed by atoms with Crippen molar-refractivity contribution >= 4 is 10.9 Å². The van der Waals surface area contributed by atoms with Gasteiger partial charge in [0.1, 0.15) is 5.82 Å². The molecule has 0 saturated carbocycles. The first-order valence-electron chi connectivity index (χ1n) is 6.82. The van der Waals surface area contributed by atoms with E-state index >= 15 is 0 Å². The minimum Gasteiger partial charge on any atom is -0.271 e. The number of hydrazine groups is 1. The van der Waals surface area contributed by atoms with E-state index in [1.165, 1.54) is 12.1 Å². The number of pyridine rings is 1. The van der Waals surface area contributed by atoms with Crippen molar-refractivity contribution in [2.24, 2.45) is 5.84 Å². The molecule has 2 aromatic carbocycles. The van der Waals surface area contributed by atoms with E-state index in [0.717, 1.165) is 22.0 Å². The average Bonchev–Trinajstić information content (AvgIpc) is 2.54. The van der Waals surface area contributed by atoms with Crippen LogP contribution >= 0.6 is 0 Å². The number of para-hydroxylation sites is 1. The Kier molecular flexibility index (Phi) is 3.90. The van der Waals surface area contributed by atoms with E-state index in [-0.39, 0.29) is 11.9 Å². The molecule has 0 aliphatic rings. The molecule has 0 aliphatic heterocycles. The molecule has 0 radical (unpaired) electrons. The second kappa shape index (κ2) is 5.99. The van der Waals surface area contributed by atoms with Crippen molar-refractivity contribution in [1.29, 1.82) is 0 Å². The van der Waals surface area contributed by atoms with Gasteiger partial charge in [-0.1, -0.05) is 30.3 Å². The van der Waals surface area contributed by atoms with Gasteiger partial charge in [0.15, 0.2) is 0 Å². The zero-order chi connectivity index (χ0) is 14.7. The number of aromatic nitrogens is 1. The summed E-state index contributed by atoms with van der Waals surface area (Å²) in [6.45, 7) is 0. The van der Waals surface area contributed by atoms with E-state index in [1.54, 1.807) is 18.3 Å². The first-order chi connectivity index (χ1) is 10.3. The van der Waals surface area contributed by atoms with Crippen LogP contribution in [0.3, 0.4) is 0 Å². The van der Waals surface area contributed by atoms with E-state index in [1.807, 2.05) is 30.3 Å². The molecular weight excluding hydrogens is 265 g/mol. The lowest BCUT2D eigenvalue weighted by Crippen LogP contribution is -2.29. The Labute approximate surface area is 122 Å². The Hall–Kier alpha value is -2.30. The van der Waals surface area contributed by atoms with E-state index in [9.17, 15) is 4.39 Å². The minimum atomic E-state index is -0.231. The van der Waals surface area contributed by atoms with E-state index in [4.69, 9.17) is 5.84 Å². The molecule has 0 bridgehead atoms. The SMILES string of the molecule is NNC(Cc1ccc(F)cc1)c1ccnc2ccccc12. The van der Waals surface area contributed by atoms with Crippen LogP contribution in [0.4, 0.5) is 4.39 Å². The second-order valence-electron chi connectivity index (χ2n) is 4.97. The van der Waals surface area contributed by atoms with Crippen LogP contribution in [-0.2, 0) is 6.42 Å². The fraction of sp³-hybridized carbons (Fsp3) is 0.118. The monoisotopic (exact) mass is 281 g/mol. The van der Waals surface area contributed by atoms with Crippen LogP contribution in [0.1, 0.15) is 17.2 Å². The maximum Gasteiger partial charge on any atom is 0.123 e. The van der Waals surface area contributed by atoms with Crippen molar-refractivity contribution in [2.75, 3.05) is 0 Å². The van der Waals surface area contributed by atoms with Gasteiger partial charge in [-0.15, -0.1) is 0 Å². The molecule has 1 heterocycles. The van der Waals surface area contributed by atoms with Gasteiger partial charge >= 0.3 is 0 Å². The molecule has 0 saturated heterocycles. The van der Waals surface area contributed by atoms with Crippen LogP contribution in [0.15, 0.2) is 60.8 Å². The summed E-state index contributed by atoms with van der Waals surface area (Å²) in [6.07, 6.45) is 2.47. The first kappa shape index (κ1) is 13.7. The lowest BCUT2D eigenvalue weighted by atomic mass is 9.96. The number of hydrogen-bond donors (Lipinski definition) is 2. The number of hydrogen-bond acceptors (Lipinski definition) is 3.